The summed E-state index contributed by atoms with van der Waals surface area (Å²) in [6.07, 6.45) is 4.23. The van der Waals surface area contributed by atoms with Crippen molar-refractivity contribution in [1.82, 2.24) is 0 Å². The third-order valence-electron chi connectivity index (χ3n) is 3.66. The first-order valence-corrected chi connectivity index (χ1v) is 6.21. The highest BCUT2D eigenvalue weighted by atomic mass is 15.1. The van der Waals surface area contributed by atoms with Crippen LogP contribution in [0.2, 0.25) is 0 Å². The van der Waals surface area contributed by atoms with Gasteiger partial charge in [0.1, 0.15) is 0 Å². The van der Waals surface area contributed by atoms with Gasteiger partial charge in [0.2, 0.25) is 0 Å². The highest BCUT2D eigenvalue weighted by molar-refractivity contribution is 5.54. The van der Waals surface area contributed by atoms with Crippen molar-refractivity contribution in [1.29, 1.82) is 0 Å². The summed E-state index contributed by atoms with van der Waals surface area (Å²) in [4.78, 5) is 2.39. The molecule has 0 spiro atoms. The molecule has 0 aromatic heterocycles. The minimum atomic E-state index is 0.632. The summed E-state index contributed by atoms with van der Waals surface area (Å²) in [6.45, 7) is 4.00. The summed E-state index contributed by atoms with van der Waals surface area (Å²) in [5, 5.41) is 0. The summed E-state index contributed by atoms with van der Waals surface area (Å²) >= 11 is 0. The fourth-order valence-corrected chi connectivity index (χ4v) is 2.43. The first-order valence-electron chi connectivity index (χ1n) is 6.21. The van der Waals surface area contributed by atoms with E-state index in [0.29, 0.717) is 6.54 Å². The van der Waals surface area contributed by atoms with Crippen molar-refractivity contribution < 1.29 is 0 Å². The topological polar surface area (TPSA) is 29.3 Å². The highest BCUT2D eigenvalue weighted by Crippen LogP contribution is 2.29. The predicted molar refractivity (Wildman–Crippen MR) is 69.7 cm³/mol. The van der Waals surface area contributed by atoms with Crippen LogP contribution in [0, 0.1) is 12.8 Å². The molecular formula is C14H22N2. The van der Waals surface area contributed by atoms with Gasteiger partial charge in [-0.3, -0.25) is 0 Å². The molecule has 0 heterocycles. The Labute approximate surface area is 98.4 Å². The number of rotatable bonds is 4. The fraction of sp³-hybridized carbons (Fsp3) is 0.571. The van der Waals surface area contributed by atoms with E-state index in [9.17, 15) is 0 Å². The molecule has 0 saturated heterocycles. The third-order valence-corrected chi connectivity index (χ3v) is 3.66. The Kier molecular flexibility index (Phi) is 3.49. The Bertz CT molecular complexity index is 356. The largest absolute Gasteiger partial charge is 0.374 e. The van der Waals surface area contributed by atoms with Crippen molar-refractivity contribution >= 4 is 5.69 Å². The number of nitrogens with zero attached hydrogens (tertiary/aromatic N) is 1. The predicted octanol–water partition coefficient (Wildman–Crippen LogP) is 2.69. The van der Waals surface area contributed by atoms with Gasteiger partial charge in [-0.1, -0.05) is 18.6 Å². The second kappa shape index (κ2) is 4.88. The van der Waals surface area contributed by atoms with E-state index < -0.39 is 0 Å². The molecule has 2 N–H and O–H groups in total. The van der Waals surface area contributed by atoms with E-state index >= 15 is 0 Å². The van der Waals surface area contributed by atoms with Gasteiger partial charge in [0, 0.05) is 25.8 Å². The molecule has 16 heavy (non-hydrogen) atoms. The molecule has 1 saturated carbocycles. The monoisotopic (exact) mass is 218 g/mol. The van der Waals surface area contributed by atoms with Gasteiger partial charge < -0.3 is 10.6 Å². The molecule has 2 nitrogen and oxygen atoms in total. The molecule has 1 aliphatic carbocycles. The summed E-state index contributed by atoms with van der Waals surface area (Å²) < 4.78 is 0. The van der Waals surface area contributed by atoms with Gasteiger partial charge >= 0.3 is 0 Å². The molecule has 1 fully saturated rings. The van der Waals surface area contributed by atoms with E-state index in [1.807, 2.05) is 0 Å². The first kappa shape index (κ1) is 11.5. The molecule has 0 atom stereocenters. The molecule has 2 rings (SSSR count). The van der Waals surface area contributed by atoms with Crippen molar-refractivity contribution in [3.05, 3.63) is 29.3 Å². The minimum absolute atomic E-state index is 0.632. The normalized spacial score (nSPS) is 15.9. The van der Waals surface area contributed by atoms with Crippen molar-refractivity contribution in [2.75, 3.05) is 18.5 Å². The standard InChI is InChI=1S/C14H22N2/c1-11-8-13(9-15)6-7-14(11)16(2)10-12-4-3-5-12/h6-8,12H,3-5,9-10,15H2,1-2H3. The van der Waals surface area contributed by atoms with Crippen LogP contribution in [0.15, 0.2) is 18.2 Å². The van der Waals surface area contributed by atoms with Crippen molar-refractivity contribution in [2.24, 2.45) is 11.7 Å². The molecule has 1 aliphatic rings. The molecule has 0 bridgehead atoms. The zero-order chi connectivity index (χ0) is 11.5. The van der Waals surface area contributed by atoms with Gasteiger partial charge in [-0.25, -0.2) is 0 Å². The van der Waals surface area contributed by atoms with E-state index in [0.717, 1.165) is 5.92 Å². The first-order chi connectivity index (χ1) is 7.70. The van der Waals surface area contributed by atoms with Crippen LogP contribution in [0.25, 0.3) is 0 Å². The lowest BCUT2D eigenvalue weighted by atomic mass is 9.85. The van der Waals surface area contributed by atoms with E-state index in [4.69, 9.17) is 5.73 Å². The zero-order valence-electron chi connectivity index (χ0n) is 10.4. The lowest BCUT2D eigenvalue weighted by Gasteiger charge is -2.32. The van der Waals surface area contributed by atoms with Crippen molar-refractivity contribution in [2.45, 2.75) is 32.7 Å². The molecule has 0 radical (unpaired) electrons. The number of aryl methyl sites for hydroxylation is 1. The molecule has 0 unspecified atom stereocenters. The minimum Gasteiger partial charge on any atom is -0.374 e. The maximum absolute atomic E-state index is 5.64. The van der Waals surface area contributed by atoms with Crippen LogP contribution in [0.3, 0.4) is 0 Å². The quantitative estimate of drug-likeness (QED) is 0.842. The lowest BCUT2D eigenvalue weighted by Crippen LogP contribution is -2.29. The molecule has 0 amide bonds. The average Bonchev–Trinajstić information content (AvgIpc) is 2.23. The fourth-order valence-electron chi connectivity index (χ4n) is 2.43. The summed E-state index contributed by atoms with van der Waals surface area (Å²) in [6, 6.07) is 6.54. The number of nitrogens with two attached hydrogens (primary N) is 1. The maximum Gasteiger partial charge on any atom is 0.0393 e. The Morgan fingerprint density at radius 3 is 2.62 bits per heavy atom. The summed E-state index contributed by atoms with van der Waals surface area (Å²) in [5.74, 6) is 0.915. The number of hydrogen-bond donors (Lipinski definition) is 1. The van der Waals surface area contributed by atoms with Gasteiger partial charge in [-0.05, 0) is 42.9 Å². The molecule has 0 aliphatic heterocycles. The number of hydrogen-bond acceptors (Lipinski definition) is 2. The average molecular weight is 218 g/mol. The Balaban J connectivity index is 2.06. The maximum atomic E-state index is 5.64. The van der Waals surface area contributed by atoms with E-state index in [1.165, 1.54) is 42.6 Å². The number of benzene rings is 1. The van der Waals surface area contributed by atoms with Gasteiger partial charge in [-0.15, -0.1) is 0 Å². The van der Waals surface area contributed by atoms with Crippen molar-refractivity contribution in [3.8, 4) is 0 Å². The Morgan fingerprint density at radius 1 is 1.38 bits per heavy atom. The van der Waals surface area contributed by atoms with Crippen LogP contribution in [-0.4, -0.2) is 13.6 Å². The molecule has 1 aromatic rings. The van der Waals surface area contributed by atoms with Gasteiger partial charge in [0.05, 0.1) is 0 Å². The van der Waals surface area contributed by atoms with Crippen LogP contribution in [0.1, 0.15) is 30.4 Å². The smallest absolute Gasteiger partial charge is 0.0393 e. The zero-order valence-corrected chi connectivity index (χ0v) is 10.4. The van der Waals surface area contributed by atoms with Crippen LogP contribution in [-0.2, 0) is 6.54 Å². The molecule has 1 aromatic carbocycles. The van der Waals surface area contributed by atoms with Gasteiger partial charge in [0.15, 0.2) is 0 Å². The van der Waals surface area contributed by atoms with Gasteiger partial charge in [-0.2, -0.15) is 0 Å². The second-order valence-corrected chi connectivity index (χ2v) is 5.00. The third kappa shape index (κ3) is 2.38. The van der Waals surface area contributed by atoms with Crippen LogP contribution >= 0.6 is 0 Å². The Morgan fingerprint density at radius 2 is 2.12 bits per heavy atom. The highest BCUT2D eigenvalue weighted by Gasteiger charge is 2.19. The van der Waals surface area contributed by atoms with Crippen LogP contribution < -0.4 is 10.6 Å². The second-order valence-electron chi connectivity index (χ2n) is 5.00. The van der Waals surface area contributed by atoms with Crippen molar-refractivity contribution in [3.63, 3.8) is 0 Å². The molecule has 88 valence electrons. The van der Waals surface area contributed by atoms with E-state index in [1.54, 1.807) is 0 Å². The van der Waals surface area contributed by atoms with Gasteiger partial charge in [0.25, 0.3) is 0 Å². The lowest BCUT2D eigenvalue weighted by molar-refractivity contribution is 0.321. The molecule has 2 heteroatoms. The number of anilines is 1. The summed E-state index contributed by atoms with van der Waals surface area (Å²) in [7, 11) is 2.20. The van der Waals surface area contributed by atoms with E-state index in [-0.39, 0.29) is 0 Å². The van der Waals surface area contributed by atoms with Crippen LogP contribution in [0.5, 0.6) is 0 Å². The van der Waals surface area contributed by atoms with E-state index in [2.05, 4.69) is 37.1 Å². The summed E-state index contributed by atoms with van der Waals surface area (Å²) in [5.41, 5.74) is 9.55. The van der Waals surface area contributed by atoms with Crippen LogP contribution in [0.4, 0.5) is 5.69 Å². The molecular weight excluding hydrogens is 196 g/mol. The Hall–Kier alpha value is -1.02. The SMILES string of the molecule is Cc1cc(CN)ccc1N(C)CC1CCC1.